The molecule has 2 unspecified atom stereocenters. The minimum atomic E-state index is -0.0712. The van der Waals surface area contributed by atoms with Crippen LogP contribution in [-0.4, -0.2) is 23.5 Å². The minimum absolute atomic E-state index is 0.0712. The predicted octanol–water partition coefficient (Wildman–Crippen LogP) is 4.51. The third kappa shape index (κ3) is 4.14. The van der Waals surface area contributed by atoms with Crippen LogP contribution in [0.5, 0.6) is 0 Å². The number of amides is 1. The lowest BCUT2D eigenvalue weighted by atomic mass is 9.94. The molecule has 1 aliphatic rings. The predicted molar refractivity (Wildman–Crippen MR) is 86.2 cm³/mol. The van der Waals surface area contributed by atoms with Crippen molar-refractivity contribution in [3.63, 3.8) is 0 Å². The van der Waals surface area contributed by atoms with Crippen LogP contribution in [0.3, 0.4) is 0 Å². The summed E-state index contributed by atoms with van der Waals surface area (Å²) in [5, 5.41) is 4.27. The molecule has 1 fully saturated rings. The van der Waals surface area contributed by atoms with Gasteiger partial charge in [-0.2, -0.15) is 11.8 Å². The van der Waals surface area contributed by atoms with Crippen molar-refractivity contribution in [2.45, 2.75) is 37.0 Å². The Morgan fingerprint density at radius 3 is 3.00 bits per heavy atom. The van der Waals surface area contributed by atoms with E-state index in [2.05, 4.69) is 27.5 Å². The zero-order valence-electron chi connectivity index (χ0n) is 10.8. The summed E-state index contributed by atoms with van der Waals surface area (Å²) in [6.07, 6.45) is 6.70. The van der Waals surface area contributed by atoms with Crippen LogP contribution in [0.2, 0.25) is 5.02 Å². The van der Waals surface area contributed by atoms with E-state index in [4.69, 9.17) is 11.6 Å². The lowest BCUT2D eigenvalue weighted by molar-refractivity contribution is 0.0928. The second-order valence-electron chi connectivity index (χ2n) is 4.82. The molecular weight excluding hydrogens is 346 g/mol. The molecule has 2 rings (SSSR count). The average Bonchev–Trinajstić information content (AvgIpc) is 2.41. The van der Waals surface area contributed by atoms with Crippen LogP contribution < -0.4 is 5.32 Å². The van der Waals surface area contributed by atoms with Gasteiger partial charge < -0.3 is 5.32 Å². The second kappa shape index (κ2) is 7.00. The molecule has 0 saturated heterocycles. The molecule has 0 bridgehead atoms. The Morgan fingerprint density at radius 2 is 2.26 bits per heavy atom. The van der Waals surface area contributed by atoms with Gasteiger partial charge in [-0.3, -0.25) is 4.79 Å². The van der Waals surface area contributed by atoms with Crippen molar-refractivity contribution >= 4 is 45.2 Å². The zero-order valence-corrected chi connectivity index (χ0v) is 13.9. The fourth-order valence-electron chi connectivity index (χ4n) is 2.42. The Bertz CT molecular complexity index is 469. The van der Waals surface area contributed by atoms with Crippen molar-refractivity contribution in [1.29, 1.82) is 0 Å². The van der Waals surface area contributed by atoms with Gasteiger partial charge in [0.2, 0.25) is 0 Å². The van der Waals surface area contributed by atoms with Crippen molar-refractivity contribution < 1.29 is 4.79 Å². The van der Waals surface area contributed by atoms with Gasteiger partial charge in [0.25, 0.3) is 5.91 Å². The molecule has 0 heterocycles. The number of carbonyl (C=O) groups is 1. The summed E-state index contributed by atoms with van der Waals surface area (Å²) in [7, 11) is 0. The minimum Gasteiger partial charge on any atom is -0.349 e. The first-order chi connectivity index (χ1) is 9.10. The lowest BCUT2D eigenvalue weighted by Crippen LogP contribution is -2.39. The molecule has 0 aromatic heterocycles. The van der Waals surface area contributed by atoms with Gasteiger partial charge in [0.1, 0.15) is 0 Å². The standard InChI is InChI=1S/C14H17BrClNOS/c1-19-11-4-2-3-10(8-11)17-14(18)12-7-9(15)5-6-13(12)16/h5-7,10-11H,2-4,8H2,1H3,(H,17,18). The Morgan fingerprint density at radius 1 is 1.47 bits per heavy atom. The van der Waals surface area contributed by atoms with Crippen LogP contribution >= 0.6 is 39.3 Å². The number of rotatable bonds is 3. The van der Waals surface area contributed by atoms with E-state index < -0.39 is 0 Å². The number of hydrogen-bond donors (Lipinski definition) is 1. The van der Waals surface area contributed by atoms with E-state index in [-0.39, 0.29) is 11.9 Å². The molecule has 1 aliphatic carbocycles. The lowest BCUT2D eigenvalue weighted by Gasteiger charge is -2.28. The third-order valence-corrected chi connectivity index (χ3v) is 5.39. The van der Waals surface area contributed by atoms with Crippen LogP contribution in [0.15, 0.2) is 22.7 Å². The summed E-state index contributed by atoms with van der Waals surface area (Å²) in [4.78, 5) is 12.3. The molecule has 104 valence electrons. The highest BCUT2D eigenvalue weighted by molar-refractivity contribution is 9.10. The average molecular weight is 363 g/mol. The van der Waals surface area contributed by atoms with Crippen molar-refractivity contribution in [2.24, 2.45) is 0 Å². The van der Waals surface area contributed by atoms with E-state index in [1.807, 2.05) is 17.8 Å². The van der Waals surface area contributed by atoms with E-state index in [9.17, 15) is 4.79 Å². The maximum absolute atomic E-state index is 12.3. The number of nitrogens with one attached hydrogen (secondary N) is 1. The summed E-state index contributed by atoms with van der Waals surface area (Å²) >= 11 is 11.3. The maximum atomic E-state index is 12.3. The highest BCUT2D eigenvalue weighted by Crippen LogP contribution is 2.27. The molecule has 0 radical (unpaired) electrons. The molecule has 0 aliphatic heterocycles. The summed E-state index contributed by atoms with van der Waals surface area (Å²) < 4.78 is 0.868. The quantitative estimate of drug-likeness (QED) is 0.857. The van der Waals surface area contributed by atoms with Gasteiger partial charge in [-0.05, 0) is 43.7 Å². The summed E-state index contributed by atoms with van der Waals surface area (Å²) in [5.41, 5.74) is 0.544. The Balaban J connectivity index is 2.02. The molecule has 1 N–H and O–H groups in total. The monoisotopic (exact) mass is 361 g/mol. The van der Waals surface area contributed by atoms with Gasteiger partial charge in [0.15, 0.2) is 0 Å². The Hall–Kier alpha value is -0.190. The summed E-state index contributed by atoms with van der Waals surface area (Å²) in [6.45, 7) is 0. The number of thioether (sulfide) groups is 1. The topological polar surface area (TPSA) is 29.1 Å². The Kier molecular flexibility index (Phi) is 5.60. The molecule has 1 amide bonds. The fourth-order valence-corrected chi connectivity index (χ4v) is 3.82. The fraction of sp³-hybridized carbons (Fsp3) is 0.500. The first kappa shape index (κ1) is 15.2. The largest absolute Gasteiger partial charge is 0.349 e. The van der Waals surface area contributed by atoms with Crippen LogP contribution in [0, 0.1) is 0 Å². The van der Waals surface area contributed by atoms with Gasteiger partial charge >= 0.3 is 0 Å². The van der Waals surface area contributed by atoms with Gasteiger partial charge in [-0.25, -0.2) is 0 Å². The molecule has 2 atom stereocenters. The number of benzene rings is 1. The molecule has 1 aromatic rings. The highest BCUT2D eigenvalue weighted by Gasteiger charge is 2.23. The summed E-state index contributed by atoms with van der Waals surface area (Å²) in [6, 6.07) is 5.62. The third-order valence-electron chi connectivity index (χ3n) is 3.47. The van der Waals surface area contributed by atoms with Gasteiger partial charge in [-0.1, -0.05) is 34.0 Å². The molecule has 19 heavy (non-hydrogen) atoms. The normalized spacial score (nSPS) is 23.1. The van der Waals surface area contributed by atoms with Crippen LogP contribution in [0.4, 0.5) is 0 Å². The molecule has 1 saturated carbocycles. The van der Waals surface area contributed by atoms with E-state index in [1.54, 1.807) is 12.1 Å². The number of carbonyl (C=O) groups excluding carboxylic acids is 1. The molecule has 0 spiro atoms. The first-order valence-electron chi connectivity index (χ1n) is 6.39. The Labute approximate surface area is 131 Å². The SMILES string of the molecule is CSC1CCCC(NC(=O)c2cc(Br)ccc2Cl)C1. The van der Waals surface area contributed by atoms with E-state index >= 15 is 0 Å². The van der Waals surface area contributed by atoms with Gasteiger partial charge in [0, 0.05) is 15.8 Å². The van der Waals surface area contributed by atoms with Crippen molar-refractivity contribution in [1.82, 2.24) is 5.32 Å². The molecule has 2 nitrogen and oxygen atoms in total. The van der Waals surface area contributed by atoms with Gasteiger partial charge in [-0.15, -0.1) is 0 Å². The number of halogens is 2. The van der Waals surface area contributed by atoms with Crippen molar-refractivity contribution in [3.05, 3.63) is 33.3 Å². The molecule has 1 aromatic carbocycles. The maximum Gasteiger partial charge on any atom is 0.253 e. The van der Waals surface area contributed by atoms with Crippen molar-refractivity contribution in [3.8, 4) is 0 Å². The number of hydrogen-bond acceptors (Lipinski definition) is 2. The second-order valence-corrected chi connectivity index (χ2v) is 7.28. The van der Waals surface area contributed by atoms with Crippen LogP contribution in [0.1, 0.15) is 36.0 Å². The highest BCUT2D eigenvalue weighted by atomic mass is 79.9. The smallest absolute Gasteiger partial charge is 0.253 e. The summed E-state index contributed by atoms with van der Waals surface area (Å²) in [5.74, 6) is -0.0712. The van der Waals surface area contributed by atoms with Crippen LogP contribution in [0.25, 0.3) is 0 Å². The van der Waals surface area contributed by atoms with E-state index in [1.165, 1.54) is 12.8 Å². The zero-order chi connectivity index (χ0) is 13.8. The van der Waals surface area contributed by atoms with Crippen molar-refractivity contribution in [2.75, 3.05) is 6.26 Å². The first-order valence-corrected chi connectivity index (χ1v) is 8.84. The molecular formula is C14H17BrClNOS. The van der Waals surface area contributed by atoms with Gasteiger partial charge in [0.05, 0.1) is 10.6 Å². The van der Waals surface area contributed by atoms with E-state index in [0.29, 0.717) is 15.8 Å². The molecule has 5 heteroatoms. The van der Waals surface area contributed by atoms with Crippen LogP contribution in [-0.2, 0) is 0 Å². The van der Waals surface area contributed by atoms with E-state index in [0.717, 1.165) is 17.3 Å².